The Hall–Kier alpha value is -2.33. The number of ether oxygens (including phenoxy) is 1. The lowest BCUT2D eigenvalue weighted by atomic mass is 9.98. The highest BCUT2D eigenvalue weighted by atomic mass is 16.5. The van der Waals surface area contributed by atoms with E-state index in [-0.39, 0.29) is 12.1 Å². The Bertz CT molecular complexity index is 654. The van der Waals surface area contributed by atoms with Crippen molar-refractivity contribution < 1.29 is 9.53 Å². The van der Waals surface area contributed by atoms with Gasteiger partial charge in [-0.15, -0.1) is 0 Å². The summed E-state index contributed by atoms with van der Waals surface area (Å²) in [6.07, 6.45) is 0.859. The molecule has 23 heavy (non-hydrogen) atoms. The van der Waals surface area contributed by atoms with Crippen molar-refractivity contribution in [2.75, 3.05) is 6.61 Å². The summed E-state index contributed by atoms with van der Waals surface area (Å²) in [6.45, 7) is 2.35. The molecule has 4 nitrogen and oxygen atoms in total. The third-order valence-corrected chi connectivity index (χ3v) is 4.25. The van der Waals surface area contributed by atoms with Crippen LogP contribution in [0, 0.1) is 0 Å². The first kappa shape index (κ1) is 15.6. The van der Waals surface area contributed by atoms with E-state index in [2.05, 4.69) is 29.6 Å². The van der Waals surface area contributed by atoms with Gasteiger partial charge in [0.1, 0.15) is 6.61 Å². The van der Waals surface area contributed by atoms with Crippen molar-refractivity contribution in [3.05, 3.63) is 59.7 Å². The van der Waals surface area contributed by atoms with E-state index < -0.39 is 6.09 Å². The van der Waals surface area contributed by atoms with Crippen LogP contribution in [0.4, 0.5) is 4.79 Å². The smallest absolute Gasteiger partial charge is 0.408 e. The van der Waals surface area contributed by atoms with Gasteiger partial charge >= 0.3 is 6.09 Å². The quantitative estimate of drug-likeness (QED) is 0.829. The first-order valence-corrected chi connectivity index (χ1v) is 8.07. The summed E-state index contributed by atoms with van der Waals surface area (Å²) in [5.74, 6) is 0.0792. The zero-order chi connectivity index (χ0) is 16.2. The average Bonchev–Trinajstić information content (AvgIpc) is 2.87. The van der Waals surface area contributed by atoms with Crippen molar-refractivity contribution >= 4 is 6.09 Å². The van der Waals surface area contributed by atoms with E-state index in [1.807, 2.05) is 31.2 Å². The molecule has 1 unspecified atom stereocenters. The Kier molecular flexibility index (Phi) is 4.63. The van der Waals surface area contributed by atoms with Gasteiger partial charge in [0.15, 0.2) is 0 Å². The molecule has 1 aliphatic carbocycles. The molecule has 0 spiro atoms. The van der Waals surface area contributed by atoms with Crippen LogP contribution < -0.4 is 11.1 Å². The number of alkyl carbamates (subject to hydrolysis) is 1. The second kappa shape index (κ2) is 6.84. The Morgan fingerprint density at radius 1 is 1.13 bits per heavy atom. The van der Waals surface area contributed by atoms with Gasteiger partial charge in [-0.25, -0.2) is 4.79 Å². The maximum Gasteiger partial charge on any atom is 0.408 e. The van der Waals surface area contributed by atoms with Crippen LogP contribution in [0.3, 0.4) is 0 Å². The van der Waals surface area contributed by atoms with Gasteiger partial charge in [0.25, 0.3) is 0 Å². The maximum atomic E-state index is 11.9. The molecule has 120 valence electrons. The fourth-order valence-corrected chi connectivity index (χ4v) is 3.17. The molecule has 1 aliphatic rings. The van der Waals surface area contributed by atoms with Gasteiger partial charge < -0.3 is 15.8 Å². The number of nitrogens with one attached hydrogen (secondary N) is 1. The Morgan fingerprint density at radius 2 is 1.70 bits per heavy atom. The normalized spacial score (nSPS) is 14.0. The molecule has 0 fully saturated rings. The van der Waals surface area contributed by atoms with Crippen LogP contribution in [0.5, 0.6) is 0 Å². The van der Waals surface area contributed by atoms with Gasteiger partial charge in [-0.2, -0.15) is 0 Å². The minimum atomic E-state index is -0.451. The second-order valence-corrected chi connectivity index (χ2v) is 5.87. The average molecular weight is 310 g/mol. The van der Waals surface area contributed by atoms with Crippen molar-refractivity contribution in [1.29, 1.82) is 0 Å². The predicted molar refractivity (Wildman–Crippen MR) is 91.1 cm³/mol. The molecule has 0 aliphatic heterocycles. The minimum Gasteiger partial charge on any atom is -0.449 e. The fraction of sp³-hybridized carbons (Fsp3) is 0.316. The number of carbonyl (C=O) groups is 1. The van der Waals surface area contributed by atoms with Crippen molar-refractivity contribution in [2.24, 2.45) is 5.73 Å². The minimum absolute atomic E-state index is 0.0792. The molecule has 0 saturated carbocycles. The van der Waals surface area contributed by atoms with Crippen LogP contribution in [-0.2, 0) is 4.74 Å². The number of hydrogen-bond donors (Lipinski definition) is 2. The molecule has 0 bridgehead atoms. The molecule has 3 rings (SSSR count). The Morgan fingerprint density at radius 3 is 2.26 bits per heavy atom. The van der Waals surface area contributed by atoms with E-state index in [4.69, 9.17) is 10.5 Å². The molecular weight excluding hydrogens is 288 g/mol. The third-order valence-electron chi connectivity index (χ3n) is 4.25. The zero-order valence-electron chi connectivity index (χ0n) is 13.3. The van der Waals surface area contributed by atoms with Gasteiger partial charge in [0, 0.05) is 5.92 Å². The van der Waals surface area contributed by atoms with E-state index in [1.165, 1.54) is 22.3 Å². The zero-order valence-corrected chi connectivity index (χ0v) is 13.3. The monoisotopic (exact) mass is 310 g/mol. The van der Waals surface area contributed by atoms with Crippen LogP contribution in [0.1, 0.15) is 36.8 Å². The summed E-state index contributed by atoms with van der Waals surface area (Å²) in [5.41, 5.74) is 10.7. The standard InChI is InChI=1S/C19H22N2O2/c1-2-7-18(20)21-19(22)23-12-17-15-10-5-3-8-13(15)14-9-4-6-11-16(14)17/h3-6,8-11,17-18H,2,7,12,20H2,1H3,(H,21,22). The summed E-state index contributed by atoms with van der Waals surface area (Å²) < 4.78 is 5.43. The molecule has 0 heterocycles. The van der Waals surface area contributed by atoms with Crippen LogP contribution >= 0.6 is 0 Å². The SMILES string of the molecule is CCCC(N)NC(=O)OCC1c2ccccc2-c2ccccc21. The van der Waals surface area contributed by atoms with E-state index in [9.17, 15) is 4.79 Å². The number of hydrogen-bond acceptors (Lipinski definition) is 3. The fourth-order valence-electron chi connectivity index (χ4n) is 3.17. The first-order valence-electron chi connectivity index (χ1n) is 8.07. The van der Waals surface area contributed by atoms with Crippen LogP contribution in [0.2, 0.25) is 0 Å². The van der Waals surface area contributed by atoms with E-state index >= 15 is 0 Å². The number of amides is 1. The molecule has 1 amide bonds. The van der Waals surface area contributed by atoms with Crippen molar-refractivity contribution in [1.82, 2.24) is 5.32 Å². The van der Waals surface area contributed by atoms with Gasteiger partial charge in [-0.1, -0.05) is 61.9 Å². The highest BCUT2D eigenvalue weighted by Gasteiger charge is 2.29. The number of benzene rings is 2. The van der Waals surface area contributed by atoms with E-state index in [0.29, 0.717) is 6.61 Å². The number of rotatable bonds is 5. The van der Waals surface area contributed by atoms with Crippen molar-refractivity contribution in [2.45, 2.75) is 31.8 Å². The van der Waals surface area contributed by atoms with Crippen LogP contribution in [-0.4, -0.2) is 18.9 Å². The van der Waals surface area contributed by atoms with Gasteiger partial charge in [-0.05, 0) is 28.7 Å². The van der Waals surface area contributed by atoms with Crippen LogP contribution in [0.25, 0.3) is 11.1 Å². The molecule has 3 N–H and O–H groups in total. The number of fused-ring (bicyclic) bond motifs is 3. The van der Waals surface area contributed by atoms with Crippen molar-refractivity contribution in [3.8, 4) is 11.1 Å². The summed E-state index contributed by atoms with van der Waals surface area (Å²) in [6, 6.07) is 16.6. The van der Waals surface area contributed by atoms with E-state index in [1.54, 1.807) is 0 Å². The molecule has 0 saturated heterocycles. The maximum absolute atomic E-state index is 11.9. The van der Waals surface area contributed by atoms with E-state index in [0.717, 1.165) is 12.8 Å². The van der Waals surface area contributed by atoms with Crippen LogP contribution in [0.15, 0.2) is 48.5 Å². The second-order valence-electron chi connectivity index (χ2n) is 5.87. The highest BCUT2D eigenvalue weighted by molar-refractivity contribution is 5.79. The summed E-state index contributed by atoms with van der Waals surface area (Å²) >= 11 is 0. The lowest BCUT2D eigenvalue weighted by Crippen LogP contribution is -2.41. The predicted octanol–water partition coefficient (Wildman–Crippen LogP) is 3.61. The topological polar surface area (TPSA) is 64.3 Å². The number of nitrogens with two attached hydrogens (primary N) is 1. The van der Waals surface area contributed by atoms with Gasteiger partial charge in [-0.3, -0.25) is 0 Å². The first-order chi connectivity index (χ1) is 11.2. The largest absolute Gasteiger partial charge is 0.449 e. The molecule has 1 atom stereocenters. The van der Waals surface area contributed by atoms with Gasteiger partial charge in [0.05, 0.1) is 6.17 Å². The molecule has 0 aromatic heterocycles. The number of carbonyl (C=O) groups excluding carboxylic acids is 1. The summed E-state index contributed by atoms with van der Waals surface area (Å²) in [4.78, 5) is 11.9. The molecular formula is C19H22N2O2. The lowest BCUT2D eigenvalue weighted by Gasteiger charge is -2.16. The Labute approximate surface area is 136 Å². The highest BCUT2D eigenvalue weighted by Crippen LogP contribution is 2.44. The lowest BCUT2D eigenvalue weighted by molar-refractivity contribution is 0.138. The summed E-state index contributed by atoms with van der Waals surface area (Å²) in [5, 5.41) is 2.67. The van der Waals surface area contributed by atoms with Gasteiger partial charge in [0.2, 0.25) is 0 Å². The van der Waals surface area contributed by atoms with Crippen molar-refractivity contribution in [3.63, 3.8) is 0 Å². The Balaban J connectivity index is 1.72. The molecule has 4 heteroatoms. The molecule has 0 radical (unpaired) electrons. The third kappa shape index (κ3) is 3.22. The molecule has 2 aromatic carbocycles. The summed E-state index contributed by atoms with van der Waals surface area (Å²) in [7, 11) is 0. The molecule has 2 aromatic rings.